The van der Waals surface area contributed by atoms with Crippen molar-refractivity contribution in [3.8, 4) is 0 Å². The van der Waals surface area contributed by atoms with E-state index in [0.717, 1.165) is 18.1 Å². The van der Waals surface area contributed by atoms with Gasteiger partial charge in [0.05, 0.1) is 12.7 Å². The van der Waals surface area contributed by atoms with Crippen molar-refractivity contribution in [2.45, 2.75) is 24.9 Å². The first-order valence-electron chi connectivity index (χ1n) is 8.18. The van der Waals surface area contributed by atoms with Gasteiger partial charge in [0.2, 0.25) is 11.8 Å². The molecule has 0 spiro atoms. The number of halogens is 1. The lowest BCUT2D eigenvalue weighted by atomic mass is 10.2. The van der Waals surface area contributed by atoms with Crippen LogP contribution in [0.5, 0.6) is 0 Å². The molecule has 0 aliphatic carbocycles. The molecule has 2 fully saturated rings. The number of hydrogen-bond acceptors (Lipinski definition) is 7. The van der Waals surface area contributed by atoms with E-state index >= 15 is 0 Å². The molecule has 3 heterocycles. The molecule has 0 bridgehead atoms. The third kappa shape index (κ3) is 4.70. The number of carbonyl (C=O) groups is 3. The van der Waals surface area contributed by atoms with Crippen LogP contribution in [0.4, 0.5) is 5.00 Å². The molecule has 0 saturated carbocycles. The highest BCUT2D eigenvalue weighted by Gasteiger charge is 2.36. The van der Waals surface area contributed by atoms with E-state index in [9.17, 15) is 14.4 Å². The maximum atomic E-state index is 12.6. The van der Waals surface area contributed by atoms with E-state index in [1.165, 1.54) is 18.4 Å². The van der Waals surface area contributed by atoms with Crippen LogP contribution < -0.4 is 15.5 Å². The highest BCUT2D eigenvalue weighted by Crippen LogP contribution is 2.31. The molecule has 2 amide bonds. The maximum Gasteiger partial charge on any atom is 0.340 e. The van der Waals surface area contributed by atoms with Crippen molar-refractivity contribution in [3.05, 3.63) is 17.0 Å². The van der Waals surface area contributed by atoms with Crippen LogP contribution >= 0.6 is 35.5 Å². The Morgan fingerprint density at radius 3 is 2.96 bits per heavy atom. The van der Waals surface area contributed by atoms with Crippen LogP contribution in [0.15, 0.2) is 11.4 Å². The Morgan fingerprint density at radius 2 is 2.27 bits per heavy atom. The molecule has 26 heavy (non-hydrogen) atoms. The minimum atomic E-state index is -0.531. The number of nitrogens with zero attached hydrogens (tertiary/aromatic N) is 1. The Bertz CT molecular complexity index is 664. The first-order valence-corrected chi connectivity index (χ1v) is 10.2. The maximum absolute atomic E-state index is 12.6. The van der Waals surface area contributed by atoms with Gasteiger partial charge in [-0.05, 0) is 17.9 Å². The van der Waals surface area contributed by atoms with E-state index in [0.29, 0.717) is 30.0 Å². The number of carbonyl (C=O) groups excluding carboxylic acids is 3. The molecule has 1 aromatic rings. The Morgan fingerprint density at radius 1 is 1.46 bits per heavy atom. The van der Waals surface area contributed by atoms with Gasteiger partial charge in [0.25, 0.3) is 0 Å². The zero-order chi connectivity index (χ0) is 17.8. The zero-order valence-corrected chi connectivity index (χ0v) is 16.8. The summed E-state index contributed by atoms with van der Waals surface area (Å²) in [4.78, 5) is 38.2. The number of rotatable bonds is 5. The Kier molecular flexibility index (Phi) is 7.75. The molecule has 2 atom stereocenters. The summed E-state index contributed by atoms with van der Waals surface area (Å²) in [5.74, 6) is 1.23. The molecule has 0 radical (unpaired) electrons. The normalized spacial score (nSPS) is 22.7. The molecule has 2 N–H and O–H groups in total. The summed E-state index contributed by atoms with van der Waals surface area (Å²) in [6.45, 7) is 1.39. The average Bonchev–Trinajstić information content (AvgIpc) is 3.22. The van der Waals surface area contributed by atoms with Crippen LogP contribution in [-0.2, 0) is 14.3 Å². The number of ether oxygens (including phenoxy) is 1. The second-order valence-electron chi connectivity index (χ2n) is 5.96. The quantitative estimate of drug-likeness (QED) is 0.699. The van der Waals surface area contributed by atoms with E-state index < -0.39 is 12.0 Å². The Hall–Kier alpha value is -1.29. The SMILES string of the molecule is COC(=O)c1ccsc1N1CCC(NC(=O)CC2CSCCN2)C1=O.Cl. The fourth-order valence-electron chi connectivity index (χ4n) is 3.02. The van der Waals surface area contributed by atoms with Crippen LogP contribution in [-0.4, -0.2) is 61.6 Å². The summed E-state index contributed by atoms with van der Waals surface area (Å²) in [6, 6.07) is 1.28. The van der Waals surface area contributed by atoms with E-state index in [2.05, 4.69) is 10.6 Å². The lowest BCUT2D eigenvalue weighted by Gasteiger charge is -2.23. The van der Waals surface area contributed by atoms with E-state index in [1.54, 1.807) is 16.3 Å². The lowest BCUT2D eigenvalue weighted by Crippen LogP contribution is -2.46. The second kappa shape index (κ2) is 9.59. The predicted octanol–water partition coefficient (Wildman–Crippen LogP) is 1.27. The van der Waals surface area contributed by atoms with Crippen molar-refractivity contribution >= 4 is 58.3 Å². The topological polar surface area (TPSA) is 87.7 Å². The van der Waals surface area contributed by atoms with Crippen LogP contribution in [0.3, 0.4) is 0 Å². The third-order valence-corrected chi connectivity index (χ3v) is 6.33. The lowest BCUT2D eigenvalue weighted by molar-refractivity contribution is -0.126. The van der Waals surface area contributed by atoms with Gasteiger partial charge >= 0.3 is 5.97 Å². The van der Waals surface area contributed by atoms with Crippen LogP contribution in [0.1, 0.15) is 23.2 Å². The summed E-state index contributed by atoms with van der Waals surface area (Å²) < 4.78 is 4.76. The number of methoxy groups -OCH3 is 1. The van der Waals surface area contributed by atoms with E-state index in [1.807, 2.05) is 11.8 Å². The molecule has 144 valence electrons. The first kappa shape index (κ1) is 21.0. The summed E-state index contributed by atoms with van der Waals surface area (Å²) >= 11 is 3.16. The largest absolute Gasteiger partial charge is 0.465 e. The molecular formula is C16H22ClN3O4S2. The van der Waals surface area contributed by atoms with Gasteiger partial charge in [0.15, 0.2) is 0 Å². The summed E-state index contributed by atoms with van der Waals surface area (Å²) in [5.41, 5.74) is 0.385. The Labute approximate surface area is 166 Å². The highest BCUT2D eigenvalue weighted by atomic mass is 35.5. The smallest absolute Gasteiger partial charge is 0.340 e. The predicted molar refractivity (Wildman–Crippen MR) is 106 cm³/mol. The van der Waals surface area contributed by atoms with Crippen molar-refractivity contribution in [3.63, 3.8) is 0 Å². The monoisotopic (exact) mass is 419 g/mol. The van der Waals surface area contributed by atoms with Gasteiger partial charge in [-0.3, -0.25) is 9.59 Å². The van der Waals surface area contributed by atoms with Gasteiger partial charge in [0.1, 0.15) is 11.0 Å². The molecule has 10 heteroatoms. The van der Waals surface area contributed by atoms with Gasteiger partial charge in [-0.15, -0.1) is 23.7 Å². The number of thiophene rings is 1. The molecule has 2 saturated heterocycles. The number of esters is 1. The fourth-order valence-corrected chi connectivity index (χ4v) is 4.89. The van der Waals surface area contributed by atoms with Crippen molar-refractivity contribution in [1.82, 2.24) is 10.6 Å². The summed E-state index contributed by atoms with van der Waals surface area (Å²) in [7, 11) is 1.32. The number of anilines is 1. The van der Waals surface area contributed by atoms with Gasteiger partial charge in [0, 0.05) is 37.1 Å². The standard InChI is InChI=1S/C16H21N3O4S2.ClH/c1-23-16(22)11-3-6-25-15(11)19-5-2-12(14(19)21)18-13(20)8-10-9-24-7-4-17-10;/h3,6,10,12,17H,2,4-5,7-9H2,1H3,(H,18,20);1H. The highest BCUT2D eigenvalue weighted by molar-refractivity contribution is 7.99. The van der Waals surface area contributed by atoms with Gasteiger partial charge in [-0.2, -0.15) is 11.8 Å². The number of hydrogen-bond donors (Lipinski definition) is 2. The fraction of sp³-hybridized carbons (Fsp3) is 0.562. The molecule has 3 rings (SSSR count). The summed E-state index contributed by atoms with van der Waals surface area (Å²) in [6.07, 6.45) is 0.916. The average molecular weight is 420 g/mol. The van der Waals surface area contributed by atoms with Gasteiger partial charge in [-0.25, -0.2) is 4.79 Å². The molecule has 2 aliphatic heterocycles. The third-order valence-electron chi connectivity index (χ3n) is 4.27. The Balaban J connectivity index is 0.00000243. The van der Waals surface area contributed by atoms with Crippen molar-refractivity contribution < 1.29 is 19.1 Å². The van der Waals surface area contributed by atoms with Crippen LogP contribution in [0, 0.1) is 0 Å². The zero-order valence-electron chi connectivity index (χ0n) is 14.4. The van der Waals surface area contributed by atoms with Gasteiger partial charge in [-0.1, -0.05) is 0 Å². The molecule has 0 aromatic carbocycles. The number of nitrogens with one attached hydrogen (secondary N) is 2. The molecule has 2 unspecified atom stereocenters. The van der Waals surface area contributed by atoms with Crippen LogP contribution in [0.2, 0.25) is 0 Å². The minimum Gasteiger partial charge on any atom is -0.465 e. The molecular weight excluding hydrogens is 398 g/mol. The minimum absolute atomic E-state index is 0. The van der Waals surface area contributed by atoms with E-state index in [-0.39, 0.29) is 30.3 Å². The van der Waals surface area contributed by atoms with Crippen molar-refractivity contribution in [2.75, 3.05) is 36.6 Å². The van der Waals surface area contributed by atoms with E-state index in [4.69, 9.17) is 4.74 Å². The molecule has 1 aromatic heterocycles. The molecule has 7 nitrogen and oxygen atoms in total. The van der Waals surface area contributed by atoms with Crippen molar-refractivity contribution in [2.24, 2.45) is 0 Å². The second-order valence-corrected chi connectivity index (χ2v) is 8.00. The molecule has 2 aliphatic rings. The first-order chi connectivity index (χ1) is 12.1. The van der Waals surface area contributed by atoms with Gasteiger partial charge < -0.3 is 20.3 Å². The van der Waals surface area contributed by atoms with Crippen LogP contribution in [0.25, 0.3) is 0 Å². The van der Waals surface area contributed by atoms with Crippen molar-refractivity contribution in [1.29, 1.82) is 0 Å². The summed E-state index contributed by atoms with van der Waals surface area (Å²) in [5, 5.41) is 8.50. The number of thioether (sulfide) groups is 1. The number of amides is 2.